The van der Waals surface area contributed by atoms with Crippen LogP contribution in [-0.2, 0) is 0 Å². The number of hydrogen-bond donors (Lipinski definition) is 1. The van der Waals surface area contributed by atoms with Crippen molar-refractivity contribution in [1.29, 1.82) is 0 Å². The fraction of sp³-hybridized carbons (Fsp3) is 1.00. The first-order valence-corrected chi connectivity index (χ1v) is 9.29. The van der Waals surface area contributed by atoms with Crippen LogP contribution in [0.1, 0.15) is 84.5 Å². The molecule has 2 rings (SSSR count). The Morgan fingerprint density at radius 2 is 1.75 bits per heavy atom. The number of nitrogens with zero attached hydrogens (tertiary/aromatic N) is 1. The summed E-state index contributed by atoms with van der Waals surface area (Å²) in [7, 11) is 0. The molecular weight excluding hydrogens is 244 g/mol. The average Bonchev–Trinajstić information content (AvgIpc) is 2.90. The topological polar surface area (TPSA) is 15.3 Å². The van der Waals surface area contributed by atoms with Crippen LogP contribution in [0.3, 0.4) is 0 Å². The minimum atomic E-state index is 0.494. The van der Waals surface area contributed by atoms with Crippen LogP contribution in [0.2, 0.25) is 0 Å². The number of rotatable bonds is 8. The Balaban J connectivity index is 1.79. The third kappa shape index (κ3) is 4.46. The maximum absolute atomic E-state index is 3.93. The summed E-state index contributed by atoms with van der Waals surface area (Å²) < 4.78 is 0. The predicted octanol–water partition coefficient (Wildman–Crippen LogP) is 4.34. The highest BCUT2D eigenvalue weighted by Crippen LogP contribution is 2.33. The van der Waals surface area contributed by atoms with Gasteiger partial charge in [-0.25, -0.2) is 0 Å². The van der Waals surface area contributed by atoms with Crippen LogP contribution in [0.4, 0.5) is 0 Å². The van der Waals surface area contributed by atoms with E-state index >= 15 is 0 Å². The zero-order valence-corrected chi connectivity index (χ0v) is 13.9. The normalized spacial score (nSPS) is 26.4. The summed E-state index contributed by atoms with van der Waals surface area (Å²) in [5.41, 5.74) is 0.494. The molecule has 0 amide bonds. The molecule has 0 aromatic heterocycles. The highest BCUT2D eigenvalue weighted by Gasteiger charge is 2.40. The molecule has 0 aromatic rings. The van der Waals surface area contributed by atoms with E-state index in [0.717, 1.165) is 6.04 Å². The van der Waals surface area contributed by atoms with E-state index in [0.29, 0.717) is 5.54 Å². The summed E-state index contributed by atoms with van der Waals surface area (Å²) in [4.78, 5) is 2.84. The van der Waals surface area contributed by atoms with Gasteiger partial charge in [0.15, 0.2) is 0 Å². The van der Waals surface area contributed by atoms with Gasteiger partial charge < -0.3 is 5.32 Å². The van der Waals surface area contributed by atoms with Gasteiger partial charge in [-0.1, -0.05) is 58.8 Å². The molecular formula is C18H36N2. The van der Waals surface area contributed by atoms with Gasteiger partial charge in [0.25, 0.3) is 0 Å². The molecule has 2 heteroatoms. The zero-order chi connectivity index (χ0) is 14.3. The van der Waals surface area contributed by atoms with Gasteiger partial charge in [-0.05, 0) is 32.2 Å². The van der Waals surface area contributed by atoms with Crippen LogP contribution >= 0.6 is 0 Å². The Morgan fingerprint density at radius 3 is 2.45 bits per heavy atom. The van der Waals surface area contributed by atoms with Gasteiger partial charge in [0.1, 0.15) is 0 Å². The summed E-state index contributed by atoms with van der Waals surface area (Å²) >= 11 is 0. The van der Waals surface area contributed by atoms with Crippen LogP contribution in [0.5, 0.6) is 0 Å². The number of hydrogen-bond acceptors (Lipinski definition) is 2. The van der Waals surface area contributed by atoms with Gasteiger partial charge >= 0.3 is 0 Å². The van der Waals surface area contributed by atoms with E-state index in [2.05, 4.69) is 24.1 Å². The molecule has 1 unspecified atom stereocenters. The molecule has 1 atom stereocenters. The van der Waals surface area contributed by atoms with Gasteiger partial charge in [0.2, 0.25) is 0 Å². The van der Waals surface area contributed by atoms with Gasteiger partial charge in [-0.15, -0.1) is 0 Å². The van der Waals surface area contributed by atoms with E-state index in [1.54, 1.807) is 0 Å². The Kier molecular flexibility index (Phi) is 6.83. The van der Waals surface area contributed by atoms with Crippen LogP contribution in [0.25, 0.3) is 0 Å². The van der Waals surface area contributed by atoms with Crippen molar-refractivity contribution in [3.8, 4) is 0 Å². The van der Waals surface area contributed by atoms with Crippen molar-refractivity contribution in [3.63, 3.8) is 0 Å². The highest BCUT2D eigenvalue weighted by molar-refractivity contribution is 5.00. The molecule has 1 aliphatic heterocycles. The molecule has 1 spiro atoms. The summed E-state index contributed by atoms with van der Waals surface area (Å²) in [5, 5.41) is 3.93. The molecule has 2 nitrogen and oxygen atoms in total. The van der Waals surface area contributed by atoms with Crippen molar-refractivity contribution in [2.24, 2.45) is 0 Å². The molecule has 1 aliphatic carbocycles. The SMILES string of the molecule is CCCCCCCN1CC2(CCCC2)NCC1CCC. The third-order valence-electron chi connectivity index (χ3n) is 5.47. The van der Waals surface area contributed by atoms with Gasteiger partial charge in [-0.2, -0.15) is 0 Å². The lowest BCUT2D eigenvalue weighted by molar-refractivity contribution is 0.0738. The van der Waals surface area contributed by atoms with Crippen molar-refractivity contribution >= 4 is 0 Å². The molecule has 1 N–H and O–H groups in total. The first-order valence-electron chi connectivity index (χ1n) is 9.29. The zero-order valence-electron chi connectivity index (χ0n) is 13.9. The Labute approximate surface area is 126 Å². The molecule has 118 valence electrons. The lowest BCUT2D eigenvalue weighted by Crippen LogP contribution is -2.63. The van der Waals surface area contributed by atoms with E-state index in [4.69, 9.17) is 0 Å². The summed E-state index contributed by atoms with van der Waals surface area (Å²) in [5.74, 6) is 0. The monoisotopic (exact) mass is 280 g/mol. The lowest BCUT2D eigenvalue weighted by Gasteiger charge is -2.46. The maximum atomic E-state index is 3.93. The van der Waals surface area contributed by atoms with Crippen molar-refractivity contribution in [2.75, 3.05) is 19.6 Å². The standard InChI is InChI=1S/C18H36N2/c1-3-5-6-7-10-14-20-16-18(12-8-9-13-18)19-15-17(20)11-4-2/h17,19H,3-16H2,1-2H3. The Morgan fingerprint density at radius 1 is 1.00 bits per heavy atom. The molecule has 2 aliphatic rings. The second kappa shape index (κ2) is 8.38. The van der Waals surface area contributed by atoms with Crippen molar-refractivity contribution < 1.29 is 0 Å². The molecule has 1 heterocycles. The summed E-state index contributed by atoms with van der Waals surface area (Å²) in [6.07, 6.45) is 15.5. The van der Waals surface area contributed by atoms with Gasteiger partial charge in [0, 0.05) is 24.7 Å². The predicted molar refractivity (Wildman–Crippen MR) is 88.2 cm³/mol. The Hall–Kier alpha value is -0.0800. The molecule has 1 saturated carbocycles. The van der Waals surface area contributed by atoms with E-state index < -0.39 is 0 Å². The first-order chi connectivity index (χ1) is 9.79. The van der Waals surface area contributed by atoms with Crippen LogP contribution in [0, 0.1) is 0 Å². The van der Waals surface area contributed by atoms with Crippen LogP contribution in [-0.4, -0.2) is 36.1 Å². The molecule has 0 radical (unpaired) electrons. The molecule has 0 bridgehead atoms. The van der Waals surface area contributed by atoms with Gasteiger partial charge in [0.05, 0.1) is 0 Å². The fourth-order valence-corrected chi connectivity index (χ4v) is 4.22. The minimum Gasteiger partial charge on any atom is -0.308 e. The largest absolute Gasteiger partial charge is 0.308 e. The van der Waals surface area contributed by atoms with E-state index in [9.17, 15) is 0 Å². The van der Waals surface area contributed by atoms with E-state index in [1.165, 1.54) is 90.3 Å². The second-order valence-corrected chi connectivity index (χ2v) is 7.20. The van der Waals surface area contributed by atoms with Crippen molar-refractivity contribution in [3.05, 3.63) is 0 Å². The van der Waals surface area contributed by atoms with Crippen molar-refractivity contribution in [1.82, 2.24) is 10.2 Å². The average molecular weight is 280 g/mol. The number of nitrogens with one attached hydrogen (secondary N) is 1. The van der Waals surface area contributed by atoms with E-state index in [1.807, 2.05) is 0 Å². The Bertz CT molecular complexity index is 258. The van der Waals surface area contributed by atoms with Gasteiger partial charge in [-0.3, -0.25) is 4.90 Å². The minimum absolute atomic E-state index is 0.494. The molecule has 20 heavy (non-hydrogen) atoms. The maximum Gasteiger partial charge on any atom is 0.0309 e. The molecule has 0 aromatic carbocycles. The smallest absolute Gasteiger partial charge is 0.0309 e. The van der Waals surface area contributed by atoms with E-state index in [-0.39, 0.29) is 0 Å². The number of piperazine rings is 1. The van der Waals surface area contributed by atoms with Crippen LogP contribution in [0.15, 0.2) is 0 Å². The van der Waals surface area contributed by atoms with Crippen LogP contribution < -0.4 is 5.32 Å². The summed E-state index contributed by atoms with van der Waals surface area (Å²) in [6, 6.07) is 0.803. The highest BCUT2D eigenvalue weighted by atomic mass is 15.3. The summed E-state index contributed by atoms with van der Waals surface area (Å²) in [6.45, 7) is 8.54. The molecule has 1 saturated heterocycles. The quantitative estimate of drug-likeness (QED) is 0.665. The lowest BCUT2D eigenvalue weighted by atomic mass is 9.91. The first kappa shape index (κ1) is 16.3. The van der Waals surface area contributed by atoms with Crippen molar-refractivity contribution in [2.45, 2.75) is 96.1 Å². The number of unbranched alkanes of at least 4 members (excludes halogenated alkanes) is 4. The second-order valence-electron chi connectivity index (χ2n) is 7.20. The fourth-order valence-electron chi connectivity index (χ4n) is 4.22. The molecule has 2 fully saturated rings. The third-order valence-corrected chi connectivity index (χ3v) is 5.47.